The lowest BCUT2D eigenvalue weighted by Crippen LogP contribution is -2.34. The van der Waals surface area contributed by atoms with Crippen LogP contribution in [-0.4, -0.2) is 15.3 Å². The molecule has 2 aromatic carbocycles. The molecule has 0 spiro atoms. The molecule has 1 aliphatic rings. The van der Waals surface area contributed by atoms with Crippen LogP contribution in [-0.2, 0) is 5.41 Å². The van der Waals surface area contributed by atoms with Crippen molar-refractivity contribution in [2.45, 2.75) is 44.9 Å². The summed E-state index contributed by atoms with van der Waals surface area (Å²) in [6.45, 7) is 4.55. The molecule has 0 unspecified atom stereocenters. The van der Waals surface area contributed by atoms with Crippen LogP contribution in [0.4, 0.5) is 0 Å². The number of aromatic hydroxyl groups is 3. The van der Waals surface area contributed by atoms with Gasteiger partial charge in [0.2, 0.25) is 0 Å². The molecule has 128 valence electrons. The van der Waals surface area contributed by atoms with Gasteiger partial charge in [-0.3, -0.25) is 0 Å². The van der Waals surface area contributed by atoms with Gasteiger partial charge in [-0.05, 0) is 61.3 Å². The Morgan fingerprint density at radius 3 is 2.00 bits per heavy atom. The molecular weight excluding hydrogens is 300 g/mol. The van der Waals surface area contributed by atoms with Gasteiger partial charge < -0.3 is 15.3 Å². The first-order valence-corrected chi connectivity index (χ1v) is 8.74. The third kappa shape index (κ3) is 2.95. The molecule has 2 aromatic rings. The first kappa shape index (κ1) is 16.7. The van der Waals surface area contributed by atoms with E-state index in [2.05, 4.69) is 13.8 Å². The average molecular weight is 326 g/mol. The van der Waals surface area contributed by atoms with Crippen molar-refractivity contribution >= 4 is 0 Å². The summed E-state index contributed by atoms with van der Waals surface area (Å²) in [7, 11) is 0. The molecule has 1 saturated carbocycles. The van der Waals surface area contributed by atoms with Crippen LogP contribution in [0.25, 0.3) is 0 Å². The average Bonchev–Trinajstić information content (AvgIpc) is 2.55. The molecular formula is C21H26O3. The predicted molar refractivity (Wildman–Crippen MR) is 95.5 cm³/mol. The Balaban J connectivity index is 2.06. The molecule has 0 bridgehead atoms. The number of hydrogen-bond donors (Lipinski definition) is 3. The van der Waals surface area contributed by atoms with Crippen molar-refractivity contribution in [1.82, 2.24) is 0 Å². The van der Waals surface area contributed by atoms with Crippen LogP contribution in [0.2, 0.25) is 0 Å². The Morgan fingerprint density at radius 1 is 0.875 bits per heavy atom. The monoisotopic (exact) mass is 326 g/mol. The lowest BCUT2D eigenvalue weighted by molar-refractivity contribution is 0.214. The summed E-state index contributed by atoms with van der Waals surface area (Å²) in [5.41, 5.74) is 1.72. The van der Waals surface area contributed by atoms with E-state index < -0.39 is 0 Å². The predicted octanol–water partition coefficient (Wildman–Crippen LogP) is 4.94. The third-order valence-corrected chi connectivity index (χ3v) is 5.74. The van der Waals surface area contributed by atoms with Crippen molar-refractivity contribution in [3.63, 3.8) is 0 Å². The molecule has 24 heavy (non-hydrogen) atoms. The van der Waals surface area contributed by atoms with Crippen molar-refractivity contribution in [2.24, 2.45) is 11.8 Å². The van der Waals surface area contributed by atoms with Gasteiger partial charge in [0, 0.05) is 17.0 Å². The zero-order valence-electron chi connectivity index (χ0n) is 14.4. The van der Waals surface area contributed by atoms with Crippen LogP contribution in [0, 0.1) is 11.8 Å². The van der Waals surface area contributed by atoms with Gasteiger partial charge in [0.15, 0.2) is 0 Å². The summed E-state index contributed by atoms with van der Waals surface area (Å²) in [4.78, 5) is 0. The maximum Gasteiger partial charge on any atom is 0.123 e. The summed E-state index contributed by atoms with van der Waals surface area (Å²) in [5.74, 6) is 1.84. The van der Waals surface area contributed by atoms with Gasteiger partial charge in [-0.1, -0.05) is 32.0 Å². The number of phenolic OH excluding ortho intramolecular Hbond substituents is 3. The SMILES string of the molecule is CC(C)C1CCC(c2ccc(O)cc2)(c2ccc(O)cc2O)CC1. The van der Waals surface area contributed by atoms with Gasteiger partial charge in [0.1, 0.15) is 17.2 Å². The highest BCUT2D eigenvalue weighted by Gasteiger charge is 2.40. The normalized spacial score (nSPS) is 24.2. The lowest BCUT2D eigenvalue weighted by Gasteiger charge is -2.42. The van der Waals surface area contributed by atoms with Crippen molar-refractivity contribution in [2.75, 3.05) is 0 Å². The van der Waals surface area contributed by atoms with Crippen molar-refractivity contribution < 1.29 is 15.3 Å². The number of hydrogen-bond acceptors (Lipinski definition) is 3. The molecule has 0 amide bonds. The molecule has 0 saturated heterocycles. The quantitative estimate of drug-likeness (QED) is 0.749. The lowest BCUT2D eigenvalue weighted by atomic mass is 9.61. The molecule has 3 rings (SSSR count). The highest BCUT2D eigenvalue weighted by Crippen LogP contribution is 2.50. The molecule has 3 nitrogen and oxygen atoms in total. The van der Waals surface area contributed by atoms with Gasteiger partial charge in [-0.15, -0.1) is 0 Å². The number of rotatable bonds is 3. The van der Waals surface area contributed by atoms with E-state index in [1.165, 1.54) is 6.07 Å². The molecule has 1 fully saturated rings. The van der Waals surface area contributed by atoms with Gasteiger partial charge in [0.05, 0.1) is 0 Å². The van der Waals surface area contributed by atoms with Gasteiger partial charge in [-0.25, -0.2) is 0 Å². The van der Waals surface area contributed by atoms with Gasteiger partial charge >= 0.3 is 0 Å². The first-order valence-electron chi connectivity index (χ1n) is 8.74. The van der Waals surface area contributed by atoms with E-state index in [1.807, 2.05) is 18.2 Å². The molecule has 0 aliphatic heterocycles. The van der Waals surface area contributed by atoms with E-state index in [1.54, 1.807) is 18.2 Å². The fraction of sp³-hybridized carbons (Fsp3) is 0.429. The molecule has 3 N–H and O–H groups in total. The Kier molecular flexibility index (Phi) is 4.44. The van der Waals surface area contributed by atoms with Crippen LogP contribution in [0.1, 0.15) is 50.7 Å². The fourth-order valence-electron chi connectivity index (χ4n) is 4.22. The van der Waals surface area contributed by atoms with Crippen LogP contribution < -0.4 is 0 Å². The van der Waals surface area contributed by atoms with E-state index in [9.17, 15) is 15.3 Å². The Morgan fingerprint density at radius 2 is 1.46 bits per heavy atom. The van der Waals surface area contributed by atoms with E-state index in [0.29, 0.717) is 11.8 Å². The molecule has 0 heterocycles. The fourth-order valence-corrected chi connectivity index (χ4v) is 4.22. The standard InChI is InChI=1S/C21H26O3/c1-14(2)15-9-11-21(12-10-15,16-3-5-17(22)6-4-16)19-8-7-18(23)13-20(19)24/h3-8,13-15,22-24H,9-12H2,1-2H3. The second-order valence-corrected chi connectivity index (χ2v) is 7.41. The highest BCUT2D eigenvalue weighted by molar-refractivity contribution is 5.50. The zero-order valence-corrected chi connectivity index (χ0v) is 14.4. The number of phenols is 3. The molecule has 1 aliphatic carbocycles. The van der Waals surface area contributed by atoms with Crippen LogP contribution in [0.3, 0.4) is 0 Å². The molecule has 0 atom stereocenters. The minimum atomic E-state index is -0.267. The van der Waals surface area contributed by atoms with E-state index in [0.717, 1.165) is 36.8 Å². The van der Waals surface area contributed by atoms with Crippen LogP contribution in [0.5, 0.6) is 17.2 Å². The highest BCUT2D eigenvalue weighted by atomic mass is 16.3. The topological polar surface area (TPSA) is 60.7 Å². The van der Waals surface area contributed by atoms with E-state index in [-0.39, 0.29) is 22.7 Å². The molecule has 3 heteroatoms. The summed E-state index contributed by atoms with van der Waals surface area (Å²) < 4.78 is 0. The summed E-state index contributed by atoms with van der Waals surface area (Å²) in [6.07, 6.45) is 4.13. The summed E-state index contributed by atoms with van der Waals surface area (Å²) in [5, 5.41) is 29.8. The van der Waals surface area contributed by atoms with Gasteiger partial charge in [0.25, 0.3) is 0 Å². The number of benzene rings is 2. The Hall–Kier alpha value is -2.16. The van der Waals surface area contributed by atoms with Crippen LogP contribution >= 0.6 is 0 Å². The summed E-state index contributed by atoms with van der Waals surface area (Å²) in [6, 6.07) is 12.2. The second kappa shape index (κ2) is 6.39. The molecule has 0 radical (unpaired) electrons. The minimum absolute atomic E-state index is 0.0768. The smallest absolute Gasteiger partial charge is 0.123 e. The van der Waals surface area contributed by atoms with E-state index >= 15 is 0 Å². The van der Waals surface area contributed by atoms with Crippen molar-refractivity contribution in [3.05, 3.63) is 53.6 Å². The van der Waals surface area contributed by atoms with Gasteiger partial charge in [-0.2, -0.15) is 0 Å². The minimum Gasteiger partial charge on any atom is -0.508 e. The maximum atomic E-state index is 10.5. The van der Waals surface area contributed by atoms with Crippen molar-refractivity contribution in [1.29, 1.82) is 0 Å². The van der Waals surface area contributed by atoms with E-state index in [4.69, 9.17) is 0 Å². The van der Waals surface area contributed by atoms with Crippen molar-refractivity contribution in [3.8, 4) is 17.2 Å². The zero-order chi connectivity index (χ0) is 17.3. The van der Waals surface area contributed by atoms with Crippen LogP contribution in [0.15, 0.2) is 42.5 Å². The Labute approximate surface area is 143 Å². The third-order valence-electron chi connectivity index (χ3n) is 5.74. The first-order chi connectivity index (χ1) is 11.4. The maximum absolute atomic E-state index is 10.5. The Bertz CT molecular complexity index is 696. The second-order valence-electron chi connectivity index (χ2n) is 7.41. The largest absolute Gasteiger partial charge is 0.508 e. The summed E-state index contributed by atoms with van der Waals surface area (Å²) >= 11 is 0. The molecule has 0 aromatic heterocycles.